The molecule has 3 rings (SSSR count). The Morgan fingerprint density at radius 3 is 1.83 bits per heavy atom. The van der Waals surface area contributed by atoms with Crippen molar-refractivity contribution in [2.75, 3.05) is 5.32 Å². The zero-order valence-corrected chi connectivity index (χ0v) is 18.3. The van der Waals surface area contributed by atoms with Crippen LogP contribution in [0.4, 0.5) is 37.7 Å². The number of amides is 1. The van der Waals surface area contributed by atoms with Crippen LogP contribution < -0.4 is 11.1 Å². The summed E-state index contributed by atoms with van der Waals surface area (Å²) < 4.78 is 86.0. The first kappa shape index (κ1) is 26.4. The Balaban J connectivity index is 2.20. The highest BCUT2D eigenvalue weighted by Crippen LogP contribution is 2.57. The molecular weight excluding hydrogens is 494 g/mol. The summed E-state index contributed by atoms with van der Waals surface area (Å²) in [5.41, 5.74) is -1.69. The smallest absolute Gasteiger partial charge is 0.411 e. The molecule has 0 fully saturated rings. The summed E-state index contributed by atoms with van der Waals surface area (Å²) in [5.74, 6) is -3.05. The highest BCUT2D eigenvalue weighted by molar-refractivity contribution is 6.06. The average molecular weight is 511 g/mol. The van der Waals surface area contributed by atoms with Crippen molar-refractivity contribution in [3.63, 3.8) is 0 Å². The Labute approximate surface area is 200 Å². The zero-order valence-electron chi connectivity index (χ0n) is 18.3. The summed E-state index contributed by atoms with van der Waals surface area (Å²) in [6.45, 7) is 1.23. The number of hydrogen-bond acceptors (Lipinski definition) is 4. The van der Waals surface area contributed by atoms with Crippen molar-refractivity contribution in [3.8, 4) is 11.5 Å². The summed E-state index contributed by atoms with van der Waals surface area (Å²) >= 11 is 0. The first-order chi connectivity index (χ1) is 16.6. The summed E-state index contributed by atoms with van der Waals surface area (Å²) in [6.07, 6.45) is -12.0. The van der Waals surface area contributed by atoms with Crippen LogP contribution in [0, 0.1) is 0 Å². The zero-order chi connectivity index (χ0) is 27.1. The SMILES string of the molecule is CC(=O)c1cccc(C(=O)Nc2cc(C(c3ccc(O)c([NH])c3)(C(F)(F)F)C(F)(F)F)ccc2O)c1. The summed E-state index contributed by atoms with van der Waals surface area (Å²) in [5, 5.41) is 21.6. The number of phenolic OH excluding ortho intramolecular Hbond substituents is 2. The molecule has 4 N–H and O–H groups in total. The molecule has 0 unspecified atom stereocenters. The Morgan fingerprint density at radius 2 is 1.31 bits per heavy atom. The van der Waals surface area contributed by atoms with Gasteiger partial charge in [-0.05, 0) is 54.4 Å². The predicted octanol–water partition coefficient (Wildman–Crippen LogP) is 5.88. The molecule has 12 heteroatoms. The van der Waals surface area contributed by atoms with Crippen molar-refractivity contribution in [1.82, 2.24) is 5.73 Å². The van der Waals surface area contributed by atoms with E-state index in [1.165, 1.54) is 31.2 Å². The second-order valence-corrected chi connectivity index (χ2v) is 7.80. The molecule has 0 aromatic heterocycles. The minimum absolute atomic E-state index is 0.132. The minimum Gasteiger partial charge on any atom is -0.506 e. The van der Waals surface area contributed by atoms with Crippen LogP contribution in [0.1, 0.15) is 38.8 Å². The van der Waals surface area contributed by atoms with Gasteiger partial charge >= 0.3 is 12.4 Å². The molecule has 6 nitrogen and oxygen atoms in total. The van der Waals surface area contributed by atoms with Crippen molar-refractivity contribution in [2.24, 2.45) is 0 Å². The fraction of sp³-hybridized carbons (Fsp3) is 0.167. The van der Waals surface area contributed by atoms with Crippen molar-refractivity contribution in [3.05, 3.63) is 82.9 Å². The van der Waals surface area contributed by atoms with Gasteiger partial charge < -0.3 is 15.5 Å². The molecule has 0 spiro atoms. The van der Waals surface area contributed by atoms with Gasteiger partial charge in [0, 0.05) is 11.1 Å². The number of ketones is 1. The summed E-state index contributed by atoms with van der Waals surface area (Å²) in [6, 6.07) is 7.64. The Morgan fingerprint density at radius 1 is 0.778 bits per heavy atom. The molecule has 0 saturated heterocycles. The lowest BCUT2D eigenvalue weighted by molar-refractivity contribution is -0.288. The fourth-order valence-electron chi connectivity index (χ4n) is 3.69. The number of carbonyl (C=O) groups excluding carboxylic acids is 2. The van der Waals surface area contributed by atoms with E-state index < -0.39 is 63.5 Å². The molecule has 36 heavy (non-hydrogen) atoms. The van der Waals surface area contributed by atoms with E-state index in [1.807, 2.05) is 0 Å². The van der Waals surface area contributed by atoms with Crippen LogP contribution >= 0.6 is 0 Å². The topological polar surface area (TPSA) is 110 Å². The molecule has 0 atom stereocenters. The van der Waals surface area contributed by atoms with E-state index in [0.717, 1.165) is 0 Å². The third kappa shape index (κ3) is 4.53. The van der Waals surface area contributed by atoms with Crippen molar-refractivity contribution >= 4 is 23.1 Å². The third-order valence-electron chi connectivity index (χ3n) is 5.49. The maximum Gasteiger partial charge on any atom is 0.411 e. The number of hydrogen-bond donors (Lipinski definition) is 3. The van der Waals surface area contributed by atoms with Crippen molar-refractivity contribution in [2.45, 2.75) is 24.7 Å². The molecule has 3 aromatic carbocycles. The Hall–Kier alpha value is -4.22. The lowest BCUT2D eigenvalue weighted by atomic mass is 9.72. The maximum absolute atomic E-state index is 14.3. The molecule has 0 saturated carbocycles. The van der Waals surface area contributed by atoms with Gasteiger partial charge in [0.25, 0.3) is 5.91 Å². The number of anilines is 1. The van der Waals surface area contributed by atoms with Crippen LogP contribution in [0.5, 0.6) is 11.5 Å². The van der Waals surface area contributed by atoms with Crippen LogP contribution in [0.2, 0.25) is 0 Å². The van der Waals surface area contributed by atoms with Gasteiger partial charge in [0.05, 0.1) is 11.4 Å². The number of Topliss-reactive ketones (excluding diaryl/α,β-unsaturated/α-hetero) is 1. The molecule has 0 bridgehead atoms. The van der Waals surface area contributed by atoms with Crippen LogP contribution in [-0.4, -0.2) is 34.3 Å². The van der Waals surface area contributed by atoms with E-state index in [4.69, 9.17) is 5.73 Å². The van der Waals surface area contributed by atoms with Gasteiger partial charge in [0.2, 0.25) is 5.41 Å². The highest BCUT2D eigenvalue weighted by Gasteiger charge is 2.72. The first-order valence-corrected chi connectivity index (χ1v) is 10.0. The maximum atomic E-state index is 14.3. The monoisotopic (exact) mass is 511 g/mol. The standard InChI is InChI=1S/C24H17F6N2O4/c1-12(33)13-3-2-4-14(9-13)21(36)32-18-11-16(6-8-20(18)35)22(23(25,26)27,24(28,29)30)15-5-7-19(34)17(31)10-15/h2-11,31,34-35H,1H3,(H,32,36). The number of carbonyl (C=O) groups is 2. The van der Waals surface area contributed by atoms with Crippen molar-refractivity contribution in [1.29, 1.82) is 0 Å². The summed E-state index contributed by atoms with van der Waals surface area (Å²) in [7, 11) is 0. The number of aromatic hydroxyl groups is 2. The van der Waals surface area contributed by atoms with Gasteiger partial charge in [-0.3, -0.25) is 15.3 Å². The summed E-state index contributed by atoms with van der Waals surface area (Å²) in [4.78, 5) is 24.2. The Kier molecular flexibility index (Phi) is 6.67. The molecular formula is C24H17F6N2O4. The number of rotatable bonds is 5. The molecule has 0 aliphatic rings. The highest BCUT2D eigenvalue weighted by atomic mass is 19.4. The second kappa shape index (κ2) is 9.10. The van der Waals surface area contributed by atoms with Gasteiger partial charge in [-0.2, -0.15) is 26.3 Å². The average Bonchev–Trinajstić information content (AvgIpc) is 2.76. The lowest BCUT2D eigenvalue weighted by Crippen LogP contribution is -2.54. The van der Waals surface area contributed by atoms with Gasteiger partial charge in [0.15, 0.2) is 5.78 Å². The number of alkyl halides is 6. The Bertz CT molecular complexity index is 1320. The molecule has 1 amide bonds. The predicted molar refractivity (Wildman–Crippen MR) is 116 cm³/mol. The number of phenols is 2. The van der Waals surface area contributed by atoms with E-state index in [-0.39, 0.29) is 17.2 Å². The van der Waals surface area contributed by atoms with E-state index in [1.54, 1.807) is 0 Å². The normalized spacial score (nSPS) is 12.3. The lowest BCUT2D eigenvalue weighted by Gasteiger charge is -2.38. The van der Waals surface area contributed by atoms with E-state index >= 15 is 0 Å². The number of halogens is 6. The van der Waals surface area contributed by atoms with Crippen LogP contribution in [-0.2, 0) is 5.41 Å². The van der Waals surface area contributed by atoms with Gasteiger partial charge in [-0.15, -0.1) is 0 Å². The minimum atomic E-state index is -6.00. The van der Waals surface area contributed by atoms with Gasteiger partial charge in [-0.1, -0.05) is 24.3 Å². The molecule has 0 aliphatic heterocycles. The van der Waals surface area contributed by atoms with Gasteiger partial charge in [0.1, 0.15) is 11.5 Å². The quantitative estimate of drug-likeness (QED) is 0.226. The van der Waals surface area contributed by atoms with Crippen LogP contribution in [0.25, 0.3) is 0 Å². The number of benzene rings is 3. The van der Waals surface area contributed by atoms with E-state index in [2.05, 4.69) is 5.32 Å². The van der Waals surface area contributed by atoms with E-state index in [0.29, 0.717) is 30.3 Å². The van der Waals surface area contributed by atoms with E-state index in [9.17, 15) is 46.1 Å². The largest absolute Gasteiger partial charge is 0.506 e. The molecule has 0 heterocycles. The number of nitrogens with one attached hydrogen (secondary N) is 2. The first-order valence-electron chi connectivity index (χ1n) is 10.0. The fourth-order valence-corrected chi connectivity index (χ4v) is 3.69. The van der Waals surface area contributed by atoms with Crippen LogP contribution in [0.15, 0.2) is 60.7 Å². The molecule has 1 radical (unpaired) electrons. The van der Waals surface area contributed by atoms with Crippen LogP contribution in [0.3, 0.4) is 0 Å². The second-order valence-electron chi connectivity index (χ2n) is 7.80. The van der Waals surface area contributed by atoms with Gasteiger partial charge in [-0.25, -0.2) is 0 Å². The van der Waals surface area contributed by atoms with Crippen molar-refractivity contribution < 1.29 is 46.1 Å². The molecule has 3 aromatic rings. The molecule has 0 aliphatic carbocycles. The molecule has 189 valence electrons. The third-order valence-corrected chi connectivity index (χ3v) is 5.49.